The average Bonchev–Trinajstić information content (AvgIpc) is 2.37. The molecule has 0 aliphatic heterocycles. The number of aromatic nitrogens is 2. The van der Waals surface area contributed by atoms with E-state index in [2.05, 4.69) is 20.6 Å². The summed E-state index contributed by atoms with van der Waals surface area (Å²) in [5, 5.41) is 7.39. The van der Waals surface area contributed by atoms with Gasteiger partial charge in [0.25, 0.3) is 0 Å². The molecule has 0 amide bonds. The molecule has 2 aromatic rings. The average molecular weight is 327 g/mol. The fourth-order valence-corrected chi connectivity index (χ4v) is 2.28. The lowest BCUT2D eigenvalue weighted by atomic mass is 10.3. The van der Waals surface area contributed by atoms with Crippen molar-refractivity contribution in [2.75, 3.05) is 30.9 Å². The molecule has 0 fully saturated rings. The molecule has 1 aromatic heterocycles. The van der Waals surface area contributed by atoms with E-state index in [1.54, 1.807) is 25.3 Å². The molecular weight excluding hydrogens is 311 g/mol. The van der Waals surface area contributed by atoms with Crippen LogP contribution in [0.25, 0.3) is 0 Å². The molecule has 21 heavy (non-hydrogen) atoms. The zero-order chi connectivity index (χ0) is 15.2. The van der Waals surface area contributed by atoms with Crippen LogP contribution in [0.1, 0.15) is 5.69 Å². The number of halogens is 2. The van der Waals surface area contributed by atoms with E-state index in [1.165, 1.54) is 0 Å². The lowest BCUT2D eigenvalue weighted by Crippen LogP contribution is -2.11. The number of aryl methyl sites for hydroxylation is 1. The van der Waals surface area contributed by atoms with Gasteiger partial charge in [-0.1, -0.05) is 23.2 Å². The molecule has 2 N–H and O–H groups in total. The van der Waals surface area contributed by atoms with E-state index in [4.69, 9.17) is 27.9 Å². The van der Waals surface area contributed by atoms with E-state index >= 15 is 0 Å². The maximum Gasteiger partial charge on any atom is 0.224 e. The van der Waals surface area contributed by atoms with E-state index in [0.717, 1.165) is 11.4 Å². The number of nitrogens with zero attached hydrogens (tertiary/aromatic N) is 2. The van der Waals surface area contributed by atoms with Gasteiger partial charge in [0.2, 0.25) is 5.95 Å². The van der Waals surface area contributed by atoms with Crippen molar-refractivity contribution < 1.29 is 4.74 Å². The molecule has 0 saturated heterocycles. The highest BCUT2D eigenvalue weighted by atomic mass is 35.5. The smallest absolute Gasteiger partial charge is 0.224 e. The molecule has 0 atom stereocenters. The Morgan fingerprint density at radius 3 is 2.48 bits per heavy atom. The highest BCUT2D eigenvalue weighted by molar-refractivity contribution is 6.35. The summed E-state index contributed by atoms with van der Waals surface area (Å²) < 4.78 is 4.98. The van der Waals surface area contributed by atoms with Gasteiger partial charge in [-0.2, -0.15) is 4.98 Å². The van der Waals surface area contributed by atoms with Gasteiger partial charge in [-0.3, -0.25) is 0 Å². The maximum absolute atomic E-state index is 5.98. The third-order valence-corrected chi connectivity index (χ3v) is 3.01. The summed E-state index contributed by atoms with van der Waals surface area (Å²) in [5.74, 6) is 1.21. The normalized spacial score (nSPS) is 10.5. The summed E-state index contributed by atoms with van der Waals surface area (Å²) in [6, 6.07) is 7.08. The molecule has 5 nitrogen and oxygen atoms in total. The van der Waals surface area contributed by atoms with Gasteiger partial charge in [-0.15, -0.1) is 0 Å². The largest absolute Gasteiger partial charge is 0.383 e. The standard InChI is InChI=1S/C14H16Cl2N4O/c1-9-5-13(20-14(18-9)17-3-4-21-2)19-12-7-10(15)6-11(16)8-12/h5-8H,3-4H2,1-2H3,(H2,17,18,19,20). The molecule has 1 heterocycles. The number of rotatable bonds is 6. The van der Waals surface area contributed by atoms with E-state index in [-0.39, 0.29) is 0 Å². The SMILES string of the molecule is COCCNc1nc(C)cc(Nc2cc(Cl)cc(Cl)c2)n1. The van der Waals surface area contributed by atoms with Crippen LogP contribution in [0.5, 0.6) is 0 Å². The van der Waals surface area contributed by atoms with Crippen molar-refractivity contribution in [2.45, 2.75) is 6.92 Å². The van der Waals surface area contributed by atoms with Crippen molar-refractivity contribution in [3.05, 3.63) is 40.0 Å². The summed E-state index contributed by atoms with van der Waals surface area (Å²) in [5.41, 5.74) is 1.62. The highest BCUT2D eigenvalue weighted by Gasteiger charge is 2.04. The van der Waals surface area contributed by atoms with Crippen molar-refractivity contribution in [3.63, 3.8) is 0 Å². The Balaban J connectivity index is 2.15. The molecular formula is C14H16Cl2N4O. The van der Waals surface area contributed by atoms with E-state index in [9.17, 15) is 0 Å². The maximum atomic E-state index is 5.98. The Kier molecular flexibility index (Phi) is 5.61. The van der Waals surface area contributed by atoms with E-state index in [0.29, 0.717) is 35.0 Å². The number of ether oxygens (including phenoxy) is 1. The second kappa shape index (κ2) is 7.45. The van der Waals surface area contributed by atoms with Crippen LogP contribution >= 0.6 is 23.2 Å². The Labute approximate surface area is 133 Å². The molecule has 0 aliphatic rings. The molecule has 2 rings (SSSR count). The third kappa shape index (κ3) is 5.04. The van der Waals surface area contributed by atoms with Crippen LogP contribution in [0, 0.1) is 6.92 Å². The second-order valence-electron chi connectivity index (χ2n) is 4.42. The van der Waals surface area contributed by atoms with Crippen molar-refractivity contribution in [2.24, 2.45) is 0 Å². The zero-order valence-corrected chi connectivity index (χ0v) is 13.3. The Hall–Kier alpha value is -1.56. The molecule has 0 saturated carbocycles. The van der Waals surface area contributed by atoms with E-state index < -0.39 is 0 Å². The van der Waals surface area contributed by atoms with Gasteiger partial charge < -0.3 is 15.4 Å². The fourth-order valence-electron chi connectivity index (χ4n) is 1.75. The van der Waals surface area contributed by atoms with Crippen LogP contribution in [-0.4, -0.2) is 30.2 Å². The van der Waals surface area contributed by atoms with Gasteiger partial charge >= 0.3 is 0 Å². The summed E-state index contributed by atoms with van der Waals surface area (Å²) >= 11 is 12.0. The van der Waals surface area contributed by atoms with Gasteiger partial charge in [0.1, 0.15) is 5.82 Å². The van der Waals surface area contributed by atoms with Gasteiger partial charge in [-0.05, 0) is 25.1 Å². The summed E-state index contributed by atoms with van der Waals surface area (Å²) in [6.45, 7) is 3.13. The predicted octanol–water partition coefficient (Wildman–Crippen LogP) is 3.89. The van der Waals surface area contributed by atoms with Crippen molar-refractivity contribution in [1.82, 2.24) is 9.97 Å². The first-order valence-electron chi connectivity index (χ1n) is 6.38. The minimum atomic E-state index is 0.544. The minimum absolute atomic E-state index is 0.544. The lowest BCUT2D eigenvalue weighted by Gasteiger charge is -2.10. The first-order chi connectivity index (χ1) is 10.1. The number of hydrogen-bond donors (Lipinski definition) is 2. The van der Waals surface area contributed by atoms with Crippen LogP contribution in [0.4, 0.5) is 17.5 Å². The van der Waals surface area contributed by atoms with Crippen LogP contribution in [0.2, 0.25) is 10.0 Å². The first kappa shape index (κ1) is 15.8. The molecule has 0 unspecified atom stereocenters. The number of methoxy groups -OCH3 is 1. The van der Waals surface area contributed by atoms with Gasteiger partial charge in [0, 0.05) is 41.1 Å². The first-order valence-corrected chi connectivity index (χ1v) is 7.14. The van der Waals surface area contributed by atoms with Gasteiger partial charge in [-0.25, -0.2) is 4.98 Å². The van der Waals surface area contributed by atoms with Gasteiger partial charge in [0.05, 0.1) is 6.61 Å². The van der Waals surface area contributed by atoms with Crippen LogP contribution < -0.4 is 10.6 Å². The van der Waals surface area contributed by atoms with E-state index in [1.807, 2.05) is 13.0 Å². The molecule has 0 radical (unpaired) electrons. The summed E-state index contributed by atoms with van der Waals surface area (Å²) in [7, 11) is 1.65. The molecule has 1 aromatic carbocycles. The number of anilines is 3. The van der Waals surface area contributed by atoms with Crippen molar-refractivity contribution in [3.8, 4) is 0 Å². The number of hydrogen-bond acceptors (Lipinski definition) is 5. The topological polar surface area (TPSA) is 59.1 Å². The fraction of sp³-hybridized carbons (Fsp3) is 0.286. The Bertz CT molecular complexity index is 602. The molecule has 0 spiro atoms. The quantitative estimate of drug-likeness (QED) is 0.788. The monoisotopic (exact) mass is 326 g/mol. The summed E-state index contributed by atoms with van der Waals surface area (Å²) in [4.78, 5) is 8.70. The number of benzene rings is 1. The highest BCUT2D eigenvalue weighted by Crippen LogP contribution is 2.25. The zero-order valence-electron chi connectivity index (χ0n) is 11.8. The van der Waals surface area contributed by atoms with Crippen LogP contribution in [-0.2, 0) is 4.74 Å². The van der Waals surface area contributed by atoms with Crippen LogP contribution in [0.3, 0.4) is 0 Å². The predicted molar refractivity (Wildman–Crippen MR) is 86.9 cm³/mol. The molecule has 7 heteroatoms. The third-order valence-electron chi connectivity index (χ3n) is 2.58. The lowest BCUT2D eigenvalue weighted by molar-refractivity contribution is 0.210. The summed E-state index contributed by atoms with van der Waals surface area (Å²) in [6.07, 6.45) is 0. The Morgan fingerprint density at radius 1 is 1.10 bits per heavy atom. The number of nitrogens with one attached hydrogen (secondary N) is 2. The molecule has 0 aliphatic carbocycles. The van der Waals surface area contributed by atoms with Gasteiger partial charge in [0.15, 0.2) is 0 Å². The molecule has 0 bridgehead atoms. The second-order valence-corrected chi connectivity index (χ2v) is 5.29. The van der Waals surface area contributed by atoms with Crippen molar-refractivity contribution >= 4 is 40.7 Å². The Morgan fingerprint density at radius 2 is 1.81 bits per heavy atom. The van der Waals surface area contributed by atoms with Crippen LogP contribution in [0.15, 0.2) is 24.3 Å². The minimum Gasteiger partial charge on any atom is -0.383 e. The van der Waals surface area contributed by atoms with Crippen molar-refractivity contribution in [1.29, 1.82) is 0 Å². The molecule has 112 valence electrons.